The van der Waals surface area contributed by atoms with E-state index in [1.807, 2.05) is 24.3 Å². The highest BCUT2D eigenvalue weighted by Gasteiger charge is 2.25. The van der Waals surface area contributed by atoms with Crippen LogP contribution in [0.4, 0.5) is 4.39 Å². The highest BCUT2D eigenvalue weighted by Crippen LogP contribution is 2.23. The van der Waals surface area contributed by atoms with E-state index in [-0.39, 0.29) is 0 Å². The molecule has 2 unspecified atom stereocenters. The zero-order valence-corrected chi connectivity index (χ0v) is 20.0. The van der Waals surface area contributed by atoms with Gasteiger partial charge < -0.3 is 4.74 Å². The minimum atomic E-state index is -1.17. The summed E-state index contributed by atoms with van der Waals surface area (Å²) in [7, 11) is 0. The maximum Gasteiger partial charge on any atom is 0.317 e. The number of carbonyl (C=O) groups excluding carboxylic acids is 1. The zero-order chi connectivity index (χ0) is 23.2. The van der Waals surface area contributed by atoms with Gasteiger partial charge in [0.2, 0.25) is 0 Å². The smallest absolute Gasteiger partial charge is 0.317 e. The van der Waals surface area contributed by atoms with Gasteiger partial charge in [-0.15, -0.1) is 0 Å². The molecule has 2 aromatic rings. The minimum Gasteiger partial charge on any atom is -0.426 e. The van der Waals surface area contributed by atoms with E-state index in [0.717, 1.165) is 49.1 Å². The third-order valence-corrected chi connectivity index (χ3v) is 5.87. The van der Waals surface area contributed by atoms with Gasteiger partial charge in [-0.05, 0) is 62.6 Å². The van der Waals surface area contributed by atoms with Gasteiger partial charge in [0, 0.05) is 5.56 Å². The second-order valence-electron chi connectivity index (χ2n) is 8.67. The Morgan fingerprint density at radius 1 is 0.875 bits per heavy atom. The average molecular weight is 443 g/mol. The van der Waals surface area contributed by atoms with E-state index >= 15 is 0 Å². The third-order valence-electron chi connectivity index (χ3n) is 5.87. The molecule has 176 valence electrons. The molecule has 0 amide bonds. The molecule has 1 aromatic heterocycles. The lowest BCUT2D eigenvalue weighted by Gasteiger charge is -2.15. The van der Waals surface area contributed by atoms with Crippen molar-refractivity contribution in [2.75, 3.05) is 0 Å². The SMILES string of the molecule is CCCCCCCCc1ccc(-c2ccc(OC(=O)C(C)C(F)CCCCC)cc2)nn1. The molecule has 1 heterocycles. The van der Waals surface area contributed by atoms with Gasteiger partial charge in [-0.25, -0.2) is 4.39 Å². The molecule has 0 spiro atoms. The number of alkyl halides is 1. The molecule has 32 heavy (non-hydrogen) atoms. The van der Waals surface area contributed by atoms with E-state index in [9.17, 15) is 9.18 Å². The minimum absolute atomic E-state index is 0.399. The number of esters is 1. The Morgan fingerprint density at radius 2 is 1.53 bits per heavy atom. The fourth-order valence-corrected chi connectivity index (χ4v) is 3.62. The Labute approximate surface area is 193 Å². The van der Waals surface area contributed by atoms with Gasteiger partial charge in [0.15, 0.2) is 0 Å². The molecule has 5 heteroatoms. The maximum absolute atomic E-state index is 14.2. The summed E-state index contributed by atoms with van der Waals surface area (Å²) in [5.74, 6) is -0.879. The van der Waals surface area contributed by atoms with Crippen LogP contribution in [-0.4, -0.2) is 22.3 Å². The van der Waals surface area contributed by atoms with Crippen LogP contribution in [-0.2, 0) is 11.2 Å². The number of ether oxygens (including phenoxy) is 1. The van der Waals surface area contributed by atoms with E-state index in [0.29, 0.717) is 12.2 Å². The molecule has 0 N–H and O–H groups in total. The van der Waals surface area contributed by atoms with Crippen molar-refractivity contribution >= 4 is 5.97 Å². The number of aromatic nitrogens is 2. The standard InChI is InChI=1S/C27H39FN2O2/c1-4-6-8-9-10-12-13-23-17-20-26(30-29-23)22-15-18-24(19-16-22)32-27(31)21(3)25(28)14-11-7-5-2/h15-21,25H,4-14H2,1-3H3. The van der Waals surface area contributed by atoms with Crippen LogP contribution in [0.15, 0.2) is 36.4 Å². The number of halogens is 1. The van der Waals surface area contributed by atoms with Crippen LogP contribution in [0.1, 0.15) is 90.7 Å². The lowest BCUT2D eigenvalue weighted by molar-refractivity contribution is -0.140. The number of carbonyl (C=O) groups is 1. The first-order valence-electron chi connectivity index (χ1n) is 12.3. The van der Waals surface area contributed by atoms with E-state index in [1.165, 1.54) is 32.1 Å². The summed E-state index contributed by atoms with van der Waals surface area (Å²) < 4.78 is 19.6. The normalized spacial score (nSPS) is 13.0. The highest BCUT2D eigenvalue weighted by molar-refractivity contribution is 5.75. The Hall–Kier alpha value is -2.30. The molecule has 4 nitrogen and oxygen atoms in total. The summed E-state index contributed by atoms with van der Waals surface area (Å²) in [4.78, 5) is 12.3. The van der Waals surface area contributed by atoms with Crippen LogP contribution >= 0.6 is 0 Å². The van der Waals surface area contributed by atoms with Crippen LogP contribution in [0.5, 0.6) is 5.75 Å². The van der Waals surface area contributed by atoms with Crippen LogP contribution in [0, 0.1) is 5.92 Å². The number of unbranched alkanes of at least 4 members (excludes halogenated alkanes) is 7. The second-order valence-corrected chi connectivity index (χ2v) is 8.67. The number of nitrogens with zero attached hydrogens (tertiary/aromatic N) is 2. The molecule has 1 aromatic carbocycles. The number of rotatable bonds is 15. The molecule has 0 radical (unpaired) electrons. The summed E-state index contributed by atoms with van der Waals surface area (Å²) in [5.41, 5.74) is 2.70. The molecule has 2 rings (SSSR count). The molecule has 0 saturated carbocycles. The van der Waals surface area contributed by atoms with Crippen molar-refractivity contribution in [3.8, 4) is 17.0 Å². The molecule has 0 bridgehead atoms. The Balaban J connectivity index is 1.82. The first-order chi connectivity index (χ1) is 15.5. The quantitative estimate of drug-likeness (QED) is 0.163. The summed E-state index contributed by atoms with van der Waals surface area (Å²) in [6.45, 7) is 5.90. The number of benzene rings is 1. The predicted octanol–water partition coefficient (Wildman–Crippen LogP) is 7.51. The lowest BCUT2D eigenvalue weighted by Crippen LogP contribution is -2.26. The molecule has 2 atom stereocenters. The molecular formula is C27H39FN2O2. The van der Waals surface area contributed by atoms with Gasteiger partial charge in [0.25, 0.3) is 0 Å². The fraction of sp³-hybridized carbons (Fsp3) is 0.593. The lowest BCUT2D eigenvalue weighted by atomic mass is 10.0. The Bertz CT molecular complexity index is 777. The Kier molecular flexibility index (Phi) is 11.9. The number of hydrogen-bond donors (Lipinski definition) is 0. The second kappa shape index (κ2) is 14.7. The van der Waals surface area contributed by atoms with Gasteiger partial charge >= 0.3 is 5.97 Å². The summed E-state index contributed by atoms with van der Waals surface area (Å²) in [6, 6.07) is 11.1. The van der Waals surface area contributed by atoms with E-state index in [1.54, 1.807) is 19.1 Å². The fourth-order valence-electron chi connectivity index (χ4n) is 3.62. The topological polar surface area (TPSA) is 52.1 Å². The van der Waals surface area contributed by atoms with Crippen LogP contribution in [0.25, 0.3) is 11.3 Å². The van der Waals surface area contributed by atoms with Crippen molar-refractivity contribution in [3.05, 3.63) is 42.1 Å². The summed E-state index contributed by atoms with van der Waals surface area (Å²) in [5, 5.41) is 8.70. The Morgan fingerprint density at radius 3 is 2.19 bits per heavy atom. The van der Waals surface area contributed by atoms with E-state index in [2.05, 4.69) is 24.0 Å². The van der Waals surface area contributed by atoms with Crippen molar-refractivity contribution in [1.29, 1.82) is 0 Å². The summed E-state index contributed by atoms with van der Waals surface area (Å²) >= 11 is 0. The maximum atomic E-state index is 14.2. The number of hydrogen-bond acceptors (Lipinski definition) is 4. The molecule has 0 saturated heterocycles. The predicted molar refractivity (Wildman–Crippen MR) is 128 cm³/mol. The van der Waals surface area contributed by atoms with Crippen molar-refractivity contribution in [2.24, 2.45) is 5.92 Å². The largest absolute Gasteiger partial charge is 0.426 e. The molecule has 0 aliphatic heterocycles. The van der Waals surface area contributed by atoms with Gasteiger partial charge in [0.1, 0.15) is 11.9 Å². The monoisotopic (exact) mass is 442 g/mol. The summed E-state index contributed by atoms with van der Waals surface area (Å²) in [6.07, 6.45) is 10.6. The average Bonchev–Trinajstić information content (AvgIpc) is 2.82. The number of aryl methyl sites for hydroxylation is 1. The van der Waals surface area contributed by atoms with Gasteiger partial charge in [-0.3, -0.25) is 4.79 Å². The van der Waals surface area contributed by atoms with Crippen LogP contribution in [0.3, 0.4) is 0 Å². The van der Waals surface area contributed by atoms with Crippen molar-refractivity contribution in [3.63, 3.8) is 0 Å². The van der Waals surface area contributed by atoms with Crippen LogP contribution < -0.4 is 4.74 Å². The first kappa shape index (κ1) is 26.0. The molecular weight excluding hydrogens is 403 g/mol. The third kappa shape index (κ3) is 9.05. The van der Waals surface area contributed by atoms with E-state index < -0.39 is 18.1 Å². The zero-order valence-electron chi connectivity index (χ0n) is 20.0. The van der Waals surface area contributed by atoms with Gasteiger partial charge in [-0.2, -0.15) is 10.2 Å². The van der Waals surface area contributed by atoms with Crippen molar-refractivity contribution < 1.29 is 13.9 Å². The van der Waals surface area contributed by atoms with E-state index in [4.69, 9.17) is 4.74 Å². The van der Waals surface area contributed by atoms with Crippen molar-refractivity contribution in [2.45, 2.75) is 97.6 Å². The van der Waals surface area contributed by atoms with Crippen molar-refractivity contribution in [1.82, 2.24) is 10.2 Å². The molecule has 0 aliphatic carbocycles. The van der Waals surface area contributed by atoms with Gasteiger partial charge in [-0.1, -0.05) is 65.2 Å². The molecule has 0 fully saturated rings. The van der Waals surface area contributed by atoms with Crippen LogP contribution in [0.2, 0.25) is 0 Å². The highest BCUT2D eigenvalue weighted by atomic mass is 19.1. The first-order valence-corrected chi connectivity index (χ1v) is 12.3. The van der Waals surface area contributed by atoms with Gasteiger partial charge in [0.05, 0.1) is 17.3 Å². The molecule has 0 aliphatic rings.